The monoisotopic (exact) mass is 237 g/mol. The highest BCUT2D eigenvalue weighted by Gasteiger charge is 2.57. The van der Waals surface area contributed by atoms with Gasteiger partial charge in [-0.3, -0.25) is 0 Å². The largest absolute Gasteiger partial charge is 0.423 e. The van der Waals surface area contributed by atoms with Crippen LogP contribution in [0, 0.1) is 0 Å². The molecule has 8 heteroatoms. The van der Waals surface area contributed by atoms with E-state index in [-0.39, 0.29) is 12.1 Å². The number of hydrogen-bond donors (Lipinski definition) is 1. The molecule has 0 spiro atoms. The van der Waals surface area contributed by atoms with Crippen LogP contribution in [0.3, 0.4) is 0 Å². The highest BCUT2D eigenvalue weighted by Crippen LogP contribution is 2.35. The van der Waals surface area contributed by atoms with Crippen LogP contribution in [-0.4, -0.2) is 31.6 Å². The summed E-state index contributed by atoms with van der Waals surface area (Å²) >= 11 is 0. The Labute approximate surface area is 81.7 Å². The van der Waals surface area contributed by atoms with E-state index in [1.807, 2.05) is 0 Å². The van der Waals surface area contributed by atoms with E-state index in [1.54, 1.807) is 0 Å². The van der Waals surface area contributed by atoms with E-state index in [0.29, 0.717) is 0 Å². The van der Waals surface area contributed by atoms with Crippen molar-refractivity contribution in [2.24, 2.45) is 5.73 Å². The number of alkyl halides is 6. The molecule has 0 radical (unpaired) electrons. The average molecular weight is 237 g/mol. The molecule has 2 N–H and O–H groups in total. The van der Waals surface area contributed by atoms with Crippen molar-refractivity contribution in [1.82, 2.24) is 0 Å². The minimum Gasteiger partial charge on any atom is -0.356 e. The van der Waals surface area contributed by atoms with Gasteiger partial charge in [0.15, 0.2) is 0 Å². The van der Waals surface area contributed by atoms with Crippen LogP contribution >= 0.6 is 0 Å². The first-order valence-electron chi connectivity index (χ1n) is 3.70. The second kappa shape index (κ2) is 4.84. The van der Waals surface area contributed by atoms with Crippen molar-refractivity contribution in [3.05, 3.63) is 12.2 Å². The fourth-order valence-electron chi connectivity index (χ4n) is 0.635. The maximum absolute atomic E-state index is 11.9. The van der Waals surface area contributed by atoms with E-state index < -0.39 is 25.1 Å². The molecular weight excluding hydrogens is 228 g/mol. The van der Waals surface area contributed by atoms with E-state index in [9.17, 15) is 26.3 Å². The van der Waals surface area contributed by atoms with Crippen LogP contribution in [0.2, 0.25) is 0 Å². The van der Waals surface area contributed by atoms with Crippen LogP contribution in [0.5, 0.6) is 0 Å². The number of nitrogens with two attached hydrogens (primary N) is 1. The van der Waals surface area contributed by atoms with Crippen LogP contribution in [0.15, 0.2) is 12.2 Å². The molecule has 0 heterocycles. The Hall–Kier alpha value is -0.760. The Morgan fingerprint density at radius 2 is 1.53 bits per heavy atom. The summed E-state index contributed by atoms with van der Waals surface area (Å²) in [4.78, 5) is 0. The highest BCUT2D eigenvalue weighted by atomic mass is 19.4. The SMILES string of the molecule is C=C(CN)COC(C(F)(F)F)C(F)(F)F. The summed E-state index contributed by atoms with van der Waals surface area (Å²) in [5, 5.41) is 0. The highest BCUT2D eigenvalue weighted by molar-refractivity contribution is 4.96. The van der Waals surface area contributed by atoms with Crippen molar-refractivity contribution in [2.45, 2.75) is 18.5 Å². The van der Waals surface area contributed by atoms with Gasteiger partial charge in [0, 0.05) is 6.54 Å². The molecule has 0 saturated heterocycles. The van der Waals surface area contributed by atoms with Crippen molar-refractivity contribution in [3.8, 4) is 0 Å². The molecule has 0 saturated carbocycles. The van der Waals surface area contributed by atoms with Crippen molar-refractivity contribution in [2.75, 3.05) is 13.2 Å². The van der Waals surface area contributed by atoms with Crippen LogP contribution < -0.4 is 5.73 Å². The van der Waals surface area contributed by atoms with E-state index >= 15 is 0 Å². The summed E-state index contributed by atoms with van der Waals surface area (Å²) in [6.45, 7) is 2.02. The Balaban J connectivity index is 4.49. The summed E-state index contributed by atoms with van der Waals surface area (Å²) < 4.78 is 74.9. The van der Waals surface area contributed by atoms with Crippen LogP contribution in [0.4, 0.5) is 26.3 Å². The fraction of sp³-hybridized carbons (Fsp3) is 0.714. The maximum atomic E-state index is 11.9. The van der Waals surface area contributed by atoms with Gasteiger partial charge in [-0.2, -0.15) is 26.3 Å². The first kappa shape index (κ1) is 14.2. The minimum absolute atomic E-state index is 0.0477. The molecule has 0 atom stereocenters. The van der Waals surface area contributed by atoms with Crippen molar-refractivity contribution in [3.63, 3.8) is 0 Å². The molecule has 0 aliphatic heterocycles. The molecule has 90 valence electrons. The number of hydrogen-bond acceptors (Lipinski definition) is 2. The molecule has 0 rings (SSSR count). The van der Waals surface area contributed by atoms with Crippen LogP contribution in [0.25, 0.3) is 0 Å². The molecule has 0 aliphatic carbocycles. The summed E-state index contributed by atoms with van der Waals surface area (Å²) in [5.74, 6) is 0. The summed E-state index contributed by atoms with van der Waals surface area (Å²) in [6, 6.07) is 0. The molecule has 0 aromatic carbocycles. The Morgan fingerprint density at radius 1 is 1.13 bits per heavy atom. The first-order chi connectivity index (χ1) is 6.59. The van der Waals surface area contributed by atoms with Gasteiger partial charge in [-0.1, -0.05) is 6.58 Å². The number of ether oxygens (including phenoxy) is 1. The second-order valence-corrected chi connectivity index (χ2v) is 2.73. The minimum atomic E-state index is -5.49. The molecule has 0 aliphatic rings. The molecular formula is C7H9F6NO. The van der Waals surface area contributed by atoms with Crippen LogP contribution in [0.1, 0.15) is 0 Å². The van der Waals surface area contributed by atoms with Gasteiger partial charge >= 0.3 is 12.4 Å². The van der Waals surface area contributed by atoms with Gasteiger partial charge in [0.1, 0.15) is 0 Å². The Bertz CT molecular complexity index is 207. The zero-order chi connectivity index (χ0) is 12.3. The van der Waals surface area contributed by atoms with E-state index in [1.165, 1.54) is 0 Å². The van der Waals surface area contributed by atoms with E-state index in [4.69, 9.17) is 5.73 Å². The lowest BCUT2D eigenvalue weighted by molar-refractivity contribution is -0.319. The molecule has 0 aromatic rings. The topological polar surface area (TPSA) is 35.2 Å². The molecule has 15 heavy (non-hydrogen) atoms. The third-order valence-electron chi connectivity index (χ3n) is 1.34. The van der Waals surface area contributed by atoms with Gasteiger partial charge in [-0.05, 0) is 5.57 Å². The average Bonchev–Trinajstić information content (AvgIpc) is 1.99. The maximum Gasteiger partial charge on any atom is 0.423 e. The lowest BCUT2D eigenvalue weighted by Gasteiger charge is -2.23. The van der Waals surface area contributed by atoms with Gasteiger partial charge in [0.05, 0.1) is 6.61 Å². The smallest absolute Gasteiger partial charge is 0.356 e. The fourth-order valence-corrected chi connectivity index (χ4v) is 0.635. The van der Waals surface area contributed by atoms with Crippen molar-refractivity contribution in [1.29, 1.82) is 0 Å². The second-order valence-electron chi connectivity index (χ2n) is 2.73. The predicted molar refractivity (Wildman–Crippen MR) is 40.0 cm³/mol. The zero-order valence-electron chi connectivity index (χ0n) is 7.45. The zero-order valence-corrected chi connectivity index (χ0v) is 7.45. The molecule has 0 amide bonds. The van der Waals surface area contributed by atoms with Gasteiger partial charge in [0.25, 0.3) is 0 Å². The third-order valence-corrected chi connectivity index (χ3v) is 1.34. The van der Waals surface area contributed by atoms with E-state index in [0.717, 1.165) is 0 Å². The number of halogens is 6. The van der Waals surface area contributed by atoms with Gasteiger partial charge < -0.3 is 10.5 Å². The van der Waals surface area contributed by atoms with E-state index in [2.05, 4.69) is 11.3 Å². The Kier molecular flexibility index (Phi) is 4.60. The quantitative estimate of drug-likeness (QED) is 0.599. The van der Waals surface area contributed by atoms with Gasteiger partial charge in [-0.15, -0.1) is 0 Å². The Morgan fingerprint density at radius 3 is 1.80 bits per heavy atom. The predicted octanol–water partition coefficient (Wildman–Crippen LogP) is 2.01. The van der Waals surface area contributed by atoms with Crippen molar-refractivity contribution < 1.29 is 31.1 Å². The number of rotatable bonds is 4. The van der Waals surface area contributed by atoms with Crippen molar-refractivity contribution >= 4 is 0 Å². The summed E-state index contributed by atoms with van der Waals surface area (Å²) in [7, 11) is 0. The molecule has 0 unspecified atom stereocenters. The van der Waals surface area contributed by atoms with Gasteiger partial charge in [0.2, 0.25) is 6.10 Å². The van der Waals surface area contributed by atoms with Crippen LogP contribution in [-0.2, 0) is 4.74 Å². The molecule has 2 nitrogen and oxygen atoms in total. The molecule has 0 bridgehead atoms. The normalized spacial score (nSPS) is 13.3. The summed E-state index contributed by atoms with van der Waals surface area (Å²) in [5.41, 5.74) is 4.89. The third kappa shape index (κ3) is 5.03. The standard InChI is InChI=1S/C7H9F6NO/c1-4(2-14)3-15-5(6(8,9)10)7(11,12)13/h5H,1-3,14H2. The lowest BCUT2D eigenvalue weighted by Crippen LogP contribution is -2.44. The first-order valence-corrected chi connectivity index (χ1v) is 3.70. The lowest BCUT2D eigenvalue weighted by atomic mass is 10.3. The van der Waals surface area contributed by atoms with Gasteiger partial charge in [-0.25, -0.2) is 0 Å². The molecule has 0 aromatic heterocycles. The summed E-state index contributed by atoms with van der Waals surface area (Å²) in [6.07, 6.45) is -14.8. The molecule has 0 fully saturated rings.